The quantitative estimate of drug-likeness (QED) is 0.803. The van der Waals surface area contributed by atoms with E-state index in [9.17, 15) is 9.00 Å². The molecule has 1 aromatic heterocycles. The van der Waals surface area contributed by atoms with Crippen molar-refractivity contribution in [1.82, 2.24) is 4.98 Å². The van der Waals surface area contributed by atoms with Crippen molar-refractivity contribution in [3.05, 3.63) is 30.1 Å². The second kappa shape index (κ2) is 4.85. The van der Waals surface area contributed by atoms with Crippen LogP contribution in [0, 0.1) is 0 Å². The minimum absolute atomic E-state index is 0.237. The summed E-state index contributed by atoms with van der Waals surface area (Å²) in [5, 5.41) is 7.78. The lowest BCUT2D eigenvalue weighted by molar-refractivity contribution is -0.136. The summed E-state index contributed by atoms with van der Waals surface area (Å²) in [6.07, 6.45) is 3.21. The van der Waals surface area contributed by atoms with Crippen LogP contribution in [0.2, 0.25) is 0 Å². The van der Waals surface area contributed by atoms with Crippen LogP contribution in [0.1, 0.15) is 12.5 Å². The smallest absolute Gasteiger partial charge is 0.318 e. The van der Waals surface area contributed by atoms with Gasteiger partial charge in [0.2, 0.25) is 0 Å². The third-order valence-corrected chi connectivity index (χ3v) is 3.38. The zero-order chi connectivity index (χ0) is 10.6. The summed E-state index contributed by atoms with van der Waals surface area (Å²) in [7, 11) is -1.39. The summed E-state index contributed by atoms with van der Waals surface area (Å²) in [5.74, 6) is -0.798. The van der Waals surface area contributed by atoms with Crippen LogP contribution in [0.5, 0.6) is 0 Å². The highest BCUT2D eigenvalue weighted by Gasteiger charge is 2.18. The molecule has 1 rings (SSSR count). The lowest BCUT2D eigenvalue weighted by Crippen LogP contribution is -2.22. The number of carbonyl (C=O) groups is 1. The largest absolute Gasteiger partial charge is 0.480 e. The lowest BCUT2D eigenvalue weighted by atomic mass is 10.3. The van der Waals surface area contributed by atoms with E-state index in [-0.39, 0.29) is 5.75 Å². The Balaban J connectivity index is 2.62. The minimum Gasteiger partial charge on any atom is -0.480 e. The van der Waals surface area contributed by atoms with Gasteiger partial charge in [0.25, 0.3) is 0 Å². The predicted molar refractivity (Wildman–Crippen MR) is 53.2 cm³/mol. The third-order valence-electron chi connectivity index (χ3n) is 1.77. The molecule has 1 aromatic rings. The van der Waals surface area contributed by atoms with Crippen LogP contribution in [0.25, 0.3) is 0 Å². The number of rotatable bonds is 4. The van der Waals surface area contributed by atoms with Crippen LogP contribution in [-0.2, 0) is 21.3 Å². The molecule has 2 atom stereocenters. The van der Waals surface area contributed by atoms with Gasteiger partial charge in [0, 0.05) is 23.2 Å². The molecule has 14 heavy (non-hydrogen) atoms. The molecular weight excluding hydrogens is 202 g/mol. The van der Waals surface area contributed by atoms with Gasteiger partial charge in [0.1, 0.15) is 5.25 Å². The zero-order valence-corrected chi connectivity index (χ0v) is 8.53. The van der Waals surface area contributed by atoms with Crippen molar-refractivity contribution in [2.24, 2.45) is 0 Å². The SMILES string of the molecule is CC(C(=O)O)S(=O)Cc1cccnc1. The molecule has 1 heterocycles. The van der Waals surface area contributed by atoms with Crippen molar-refractivity contribution in [1.29, 1.82) is 0 Å². The molecule has 0 saturated heterocycles. The summed E-state index contributed by atoms with van der Waals surface area (Å²) < 4.78 is 11.5. The van der Waals surface area contributed by atoms with Gasteiger partial charge in [0.15, 0.2) is 0 Å². The number of hydrogen-bond donors (Lipinski definition) is 1. The molecule has 0 bridgehead atoms. The molecule has 0 fully saturated rings. The average Bonchev–Trinajstić information content (AvgIpc) is 2.18. The Morgan fingerprint density at radius 3 is 2.93 bits per heavy atom. The van der Waals surface area contributed by atoms with Crippen LogP contribution >= 0.6 is 0 Å². The summed E-state index contributed by atoms with van der Waals surface area (Å²) in [5.41, 5.74) is 0.791. The monoisotopic (exact) mass is 213 g/mol. The topological polar surface area (TPSA) is 67.3 Å². The average molecular weight is 213 g/mol. The van der Waals surface area contributed by atoms with E-state index in [2.05, 4.69) is 4.98 Å². The van der Waals surface area contributed by atoms with Gasteiger partial charge in [-0.1, -0.05) is 6.07 Å². The van der Waals surface area contributed by atoms with Crippen molar-refractivity contribution < 1.29 is 14.1 Å². The Morgan fingerprint density at radius 1 is 1.71 bits per heavy atom. The Kier molecular flexibility index (Phi) is 3.76. The number of hydrogen-bond acceptors (Lipinski definition) is 3. The molecule has 0 spiro atoms. The van der Waals surface area contributed by atoms with Crippen LogP contribution < -0.4 is 0 Å². The van der Waals surface area contributed by atoms with E-state index in [0.29, 0.717) is 0 Å². The van der Waals surface area contributed by atoms with Gasteiger partial charge in [-0.3, -0.25) is 14.0 Å². The van der Waals surface area contributed by atoms with Gasteiger partial charge in [0.05, 0.1) is 5.75 Å². The molecule has 2 unspecified atom stereocenters. The van der Waals surface area contributed by atoms with Gasteiger partial charge < -0.3 is 5.11 Å². The highest BCUT2D eigenvalue weighted by atomic mass is 32.2. The predicted octanol–water partition coefficient (Wildman–Crippen LogP) is 0.803. The molecule has 76 valence electrons. The summed E-state index contributed by atoms with van der Waals surface area (Å²) in [6, 6.07) is 3.51. The summed E-state index contributed by atoms with van der Waals surface area (Å²) in [4.78, 5) is 14.4. The van der Waals surface area contributed by atoms with Gasteiger partial charge in [-0.25, -0.2) is 0 Å². The normalized spacial score (nSPS) is 14.6. The van der Waals surface area contributed by atoms with Crippen molar-refractivity contribution in [3.63, 3.8) is 0 Å². The molecule has 0 aliphatic carbocycles. The fourth-order valence-electron chi connectivity index (χ4n) is 0.885. The molecule has 0 aromatic carbocycles. The molecular formula is C9H11NO3S. The Bertz CT molecular complexity index is 339. The van der Waals surface area contributed by atoms with Gasteiger partial charge >= 0.3 is 5.97 Å². The fraction of sp³-hybridized carbons (Fsp3) is 0.333. The first-order valence-corrected chi connectivity index (χ1v) is 5.48. The van der Waals surface area contributed by atoms with E-state index in [1.54, 1.807) is 24.5 Å². The second-order valence-electron chi connectivity index (χ2n) is 2.87. The van der Waals surface area contributed by atoms with Gasteiger partial charge in [-0.2, -0.15) is 0 Å². The molecule has 4 nitrogen and oxygen atoms in total. The van der Waals surface area contributed by atoms with E-state index in [1.807, 2.05) is 0 Å². The second-order valence-corrected chi connectivity index (χ2v) is 4.62. The number of nitrogens with zero attached hydrogens (tertiary/aromatic N) is 1. The Morgan fingerprint density at radius 2 is 2.43 bits per heavy atom. The first-order valence-electron chi connectivity index (χ1n) is 4.10. The fourth-order valence-corrected chi connectivity index (χ4v) is 1.86. The highest BCUT2D eigenvalue weighted by Crippen LogP contribution is 2.05. The van der Waals surface area contributed by atoms with Crippen LogP contribution in [0.3, 0.4) is 0 Å². The summed E-state index contributed by atoms with van der Waals surface area (Å²) >= 11 is 0. The molecule has 0 aliphatic rings. The number of carboxylic acids is 1. The summed E-state index contributed by atoms with van der Waals surface area (Å²) in [6.45, 7) is 1.44. The number of aliphatic carboxylic acids is 1. The first-order chi connectivity index (χ1) is 6.61. The van der Waals surface area contributed by atoms with E-state index in [1.165, 1.54) is 6.92 Å². The van der Waals surface area contributed by atoms with Crippen molar-refractivity contribution in [2.75, 3.05) is 0 Å². The maximum absolute atomic E-state index is 11.5. The van der Waals surface area contributed by atoms with E-state index in [0.717, 1.165) is 5.56 Å². The highest BCUT2D eigenvalue weighted by molar-refractivity contribution is 7.85. The van der Waals surface area contributed by atoms with Crippen LogP contribution in [0.15, 0.2) is 24.5 Å². The standard InChI is InChI=1S/C9H11NO3S/c1-7(9(11)12)14(13)6-8-3-2-4-10-5-8/h2-5,7H,6H2,1H3,(H,11,12). The van der Waals surface area contributed by atoms with Crippen LogP contribution in [0.4, 0.5) is 0 Å². The van der Waals surface area contributed by atoms with Crippen molar-refractivity contribution >= 4 is 16.8 Å². The zero-order valence-electron chi connectivity index (χ0n) is 7.71. The van der Waals surface area contributed by atoms with Gasteiger partial charge in [-0.15, -0.1) is 0 Å². The molecule has 1 N–H and O–H groups in total. The Labute approximate surface area is 84.4 Å². The lowest BCUT2D eigenvalue weighted by Gasteiger charge is -2.05. The maximum Gasteiger partial charge on any atom is 0.318 e. The maximum atomic E-state index is 11.5. The van der Waals surface area contributed by atoms with Crippen molar-refractivity contribution in [2.45, 2.75) is 17.9 Å². The molecule has 0 radical (unpaired) electrons. The number of aromatic nitrogens is 1. The number of carboxylic acid groups (broad SMARTS) is 1. The number of pyridine rings is 1. The minimum atomic E-state index is -1.39. The first kappa shape index (κ1) is 10.8. The Hall–Kier alpha value is -1.23. The van der Waals surface area contributed by atoms with E-state index in [4.69, 9.17) is 5.11 Å². The van der Waals surface area contributed by atoms with Gasteiger partial charge in [-0.05, 0) is 18.6 Å². The van der Waals surface area contributed by atoms with Crippen molar-refractivity contribution in [3.8, 4) is 0 Å². The molecule has 5 heteroatoms. The van der Waals surface area contributed by atoms with Crippen LogP contribution in [-0.4, -0.2) is 25.5 Å². The van der Waals surface area contributed by atoms with E-state index < -0.39 is 22.0 Å². The molecule has 0 amide bonds. The molecule has 0 saturated carbocycles. The molecule has 0 aliphatic heterocycles. The third kappa shape index (κ3) is 2.92. The van der Waals surface area contributed by atoms with E-state index >= 15 is 0 Å².